The van der Waals surface area contributed by atoms with Gasteiger partial charge in [-0.25, -0.2) is 13.9 Å². The number of fused-ring (bicyclic) bond motifs is 1. The number of nitrogens with zero attached hydrogens (tertiary/aromatic N) is 3. The molecule has 2 aromatic carbocycles. The summed E-state index contributed by atoms with van der Waals surface area (Å²) in [5, 5.41) is 28.3. The second-order valence-electron chi connectivity index (χ2n) is 9.83. The third kappa shape index (κ3) is 5.73. The average Bonchev–Trinajstić information content (AvgIpc) is 3.59. The maximum Gasteiger partial charge on any atom is 0.390 e. The molecule has 1 atom stereocenters. The van der Waals surface area contributed by atoms with Gasteiger partial charge in [-0.3, -0.25) is 4.79 Å². The van der Waals surface area contributed by atoms with Gasteiger partial charge in [0.2, 0.25) is 0 Å². The van der Waals surface area contributed by atoms with Crippen molar-refractivity contribution in [1.29, 1.82) is 0 Å². The molecule has 204 valence electrons. The van der Waals surface area contributed by atoms with E-state index < -0.39 is 36.8 Å². The number of carbonyl (C=O) groups is 1. The number of nitrogens with one attached hydrogen (secondary N) is 1. The Morgan fingerprint density at radius 3 is 2.67 bits per heavy atom. The molecule has 1 aliphatic rings. The van der Waals surface area contributed by atoms with Crippen LogP contribution in [0.3, 0.4) is 0 Å². The molecule has 4 aromatic rings. The zero-order valence-corrected chi connectivity index (χ0v) is 21.0. The number of aryl methyl sites for hydroxylation is 1. The first kappa shape index (κ1) is 26.6. The van der Waals surface area contributed by atoms with Crippen LogP contribution in [0.1, 0.15) is 59.0 Å². The number of imidazole rings is 1. The van der Waals surface area contributed by atoms with Crippen LogP contribution < -0.4 is 5.32 Å². The highest BCUT2D eigenvalue weighted by Crippen LogP contribution is 2.35. The van der Waals surface area contributed by atoms with E-state index in [1.807, 2.05) is 13.0 Å². The summed E-state index contributed by atoms with van der Waals surface area (Å²) in [5.41, 5.74) is 2.67. The third-order valence-electron chi connectivity index (χ3n) is 6.80. The fourth-order valence-electron chi connectivity index (χ4n) is 4.53. The van der Waals surface area contributed by atoms with Crippen molar-refractivity contribution in [2.45, 2.75) is 44.9 Å². The average molecular weight is 543 g/mol. The van der Waals surface area contributed by atoms with Gasteiger partial charge in [-0.1, -0.05) is 24.3 Å². The van der Waals surface area contributed by atoms with Crippen molar-refractivity contribution in [2.24, 2.45) is 5.92 Å². The molecule has 1 fully saturated rings. The molecule has 1 aliphatic carbocycles. The second kappa shape index (κ2) is 10.3. The largest absolute Gasteiger partial charge is 0.505 e. The number of aromatic nitrogens is 3. The van der Waals surface area contributed by atoms with Crippen molar-refractivity contribution in [2.75, 3.05) is 11.9 Å². The minimum Gasteiger partial charge on any atom is -0.505 e. The number of hydrogen-bond donors (Lipinski definition) is 3. The SMILES string of the molecule is Cc1cc(-c2cnc3c(NCCC(F)(F)F)cc(C(O)c4cccc(F)c4O)nn23)ccc1C(=O)CC1CC1. The van der Waals surface area contributed by atoms with E-state index in [2.05, 4.69) is 15.4 Å². The number of phenolic OH excluding ortho intramolecular Hbond substituents is 1. The van der Waals surface area contributed by atoms with Gasteiger partial charge in [-0.15, -0.1) is 0 Å². The van der Waals surface area contributed by atoms with Crippen LogP contribution in [-0.4, -0.2) is 43.3 Å². The molecule has 5 rings (SSSR count). The minimum atomic E-state index is -4.39. The Labute approximate surface area is 221 Å². The van der Waals surface area contributed by atoms with E-state index in [1.165, 1.54) is 28.9 Å². The fraction of sp³-hybridized carbons (Fsp3) is 0.321. The van der Waals surface area contributed by atoms with Gasteiger partial charge in [0.05, 0.1) is 29.7 Å². The standard InChI is InChI=1S/C28H26F4N4O3/c1-15-11-17(7-8-18(15)24(37)12-16-5-6-16)23-14-34-27-22(33-10-9-28(30,31)32)13-21(35-36(23)27)26(39)19-3-2-4-20(29)25(19)38/h2-4,7-8,11,13-14,16,26,33,38-39H,5-6,9-10,12H2,1H3. The first-order valence-electron chi connectivity index (χ1n) is 12.5. The first-order chi connectivity index (χ1) is 18.5. The van der Waals surface area contributed by atoms with E-state index in [4.69, 9.17) is 0 Å². The van der Waals surface area contributed by atoms with E-state index in [-0.39, 0.29) is 28.4 Å². The number of Topliss-reactive ketones (excluding diaryl/α,β-unsaturated/α-hetero) is 1. The quantitative estimate of drug-likeness (QED) is 0.178. The van der Waals surface area contributed by atoms with Gasteiger partial charge in [0.1, 0.15) is 6.10 Å². The molecule has 0 bridgehead atoms. The number of ketones is 1. The van der Waals surface area contributed by atoms with Crippen molar-refractivity contribution in [3.8, 4) is 17.0 Å². The van der Waals surface area contributed by atoms with Crippen LogP contribution in [-0.2, 0) is 0 Å². The number of aromatic hydroxyl groups is 1. The summed E-state index contributed by atoms with van der Waals surface area (Å²) in [6.07, 6.45) is -2.94. The Hall–Kier alpha value is -3.99. The number of aliphatic hydroxyl groups excluding tert-OH is 1. The van der Waals surface area contributed by atoms with E-state index in [1.54, 1.807) is 12.1 Å². The Morgan fingerprint density at radius 1 is 1.21 bits per heavy atom. The molecule has 0 saturated heterocycles. The summed E-state index contributed by atoms with van der Waals surface area (Å²) in [6, 6.07) is 10.3. The molecule has 7 nitrogen and oxygen atoms in total. The molecular formula is C28H26F4N4O3. The van der Waals surface area contributed by atoms with Gasteiger partial charge in [0.25, 0.3) is 0 Å². The van der Waals surface area contributed by atoms with E-state index in [0.29, 0.717) is 29.2 Å². The zero-order valence-electron chi connectivity index (χ0n) is 21.0. The molecule has 0 amide bonds. The highest BCUT2D eigenvalue weighted by atomic mass is 19.4. The van der Waals surface area contributed by atoms with Crippen molar-refractivity contribution in [3.05, 3.63) is 76.9 Å². The smallest absolute Gasteiger partial charge is 0.390 e. The summed E-state index contributed by atoms with van der Waals surface area (Å²) in [5.74, 6) is -1.17. The predicted octanol–water partition coefficient (Wildman–Crippen LogP) is 5.98. The van der Waals surface area contributed by atoms with E-state index in [9.17, 15) is 32.6 Å². The van der Waals surface area contributed by atoms with Gasteiger partial charge in [0, 0.05) is 29.7 Å². The number of halogens is 4. The molecule has 1 saturated carbocycles. The van der Waals surface area contributed by atoms with Crippen LogP contribution in [0, 0.1) is 18.7 Å². The number of alkyl halides is 3. The van der Waals surface area contributed by atoms with Crippen LogP contribution >= 0.6 is 0 Å². The Balaban J connectivity index is 1.56. The Bertz CT molecular complexity index is 1550. The van der Waals surface area contributed by atoms with Crippen LogP contribution in [0.25, 0.3) is 16.9 Å². The number of aliphatic hydroxyl groups is 1. The maximum atomic E-state index is 14.0. The summed E-state index contributed by atoms with van der Waals surface area (Å²) in [7, 11) is 0. The molecular weight excluding hydrogens is 516 g/mol. The second-order valence-corrected chi connectivity index (χ2v) is 9.83. The van der Waals surface area contributed by atoms with E-state index >= 15 is 0 Å². The fourth-order valence-corrected chi connectivity index (χ4v) is 4.53. The minimum absolute atomic E-state index is 0.0508. The maximum absolute atomic E-state index is 14.0. The van der Waals surface area contributed by atoms with Gasteiger partial charge >= 0.3 is 6.18 Å². The van der Waals surface area contributed by atoms with Gasteiger partial charge in [0.15, 0.2) is 23.0 Å². The molecule has 0 radical (unpaired) electrons. The lowest BCUT2D eigenvalue weighted by Crippen LogP contribution is -2.16. The summed E-state index contributed by atoms with van der Waals surface area (Å²) in [6.45, 7) is 1.37. The first-order valence-corrected chi connectivity index (χ1v) is 12.5. The van der Waals surface area contributed by atoms with Gasteiger partial charge in [-0.05, 0) is 49.4 Å². The highest BCUT2D eigenvalue weighted by molar-refractivity contribution is 5.98. The number of carbonyl (C=O) groups excluding carboxylic acids is 1. The van der Waals surface area contributed by atoms with Crippen molar-refractivity contribution in [3.63, 3.8) is 0 Å². The number of rotatable bonds is 9. The molecule has 11 heteroatoms. The summed E-state index contributed by atoms with van der Waals surface area (Å²) < 4.78 is 53.8. The predicted molar refractivity (Wildman–Crippen MR) is 136 cm³/mol. The molecule has 3 N–H and O–H groups in total. The zero-order chi connectivity index (χ0) is 27.9. The van der Waals surface area contributed by atoms with E-state index in [0.717, 1.165) is 24.5 Å². The van der Waals surface area contributed by atoms with Gasteiger partial charge < -0.3 is 15.5 Å². The van der Waals surface area contributed by atoms with Gasteiger partial charge in [-0.2, -0.15) is 18.3 Å². The number of benzene rings is 2. The summed E-state index contributed by atoms with van der Waals surface area (Å²) >= 11 is 0. The van der Waals surface area contributed by atoms with Crippen LogP contribution in [0.5, 0.6) is 5.75 Å². The topological polar surface area (TPSA) is 99.8 Å². The molecule has 1 unspecified atom stereocenters. The molecule has 2 heterocycles. The molecule has 2 aromatic heterocycles. The molecule has 39 heavy (non-hydrogen) atoms. The van der Waals surface area contributed by atoms with Crippen LogP contribution in [0.4, 0.5) is 23.2 Å². The van der Waals surface area contributed by atoms with Crippen LogP contribution in [0.15, 0.2) is 48.7 Å². The summed E-state index contributed by atoms with van der Waals surface area (Å²) in [4.78, 5) is 17.0. The lowest BCUT2D eigenvalue weighted by molar-refractivity contribution is -0.131. The monoisotopic (exact) mass is 542 g/mol. The third-order valence-corrected chi connectivity index (χ3v) is 6.80. The number of phenols is 1. The lowest BCUT2D eigenvalue weighted by Gasteiger charge is -2.16. The van der Waals surface area contributed by atoms with Crippen molar-refractivity contribution in [1.82, 2.24) is 14.6 Å². The molecule has 0 spiro atoms. The normalized spacial score (nSPS) is 14.5. The lowest BCUT2D eigenvalue weighted by atomic mass is 9.98. The number of para-hydroxylation sites is 1. The number of hydrogen-bond acceptors (Lipinski definition) is 6. The molecule has 0 aliphatic heterocycles. The van der Waals surface area contributed by atoms with Crippen LogP contribution in [0.2, 0.25) is 0 Å². The Kier molecular flexibility index (Phi) is 7.02. The van der Waals surface area contributed by atoms with Crippen molar-refractivity contribution >= 4 is 17.1 Å². The Morgan fingerprint density at radius 2 is 1.97 bits per heavy atom. The number of anilines is 1. The highest BCUT2D eigenvalue weighted by Gasteiger charge is 2.28. The van der Waals surface area contributed by atoms with Crippen molar-refractivity contribution < 1.29 is 32.6 Å².